The molecule has 1 saturated heterocycles. The van der Waals surface area contributed by atoms with E-state index in [1.54, 1.807) is 0 Å². The minimum absolute atomic E-state index is 0.0309. The van der Waals surface area contributed by atoms with Gasteiger partial charge in [0.1, 0.15) is 23.3 Å². The molecule has 53 heavy (non-hydrogen) atoms. The zero-order valence-corrected chi connectivity index (χ0v) is 31.2. The molecule has 2 N–H and O–H groups in total. The standard InChI is InChI=1S/C41H43N5O6S/c1-25-28(10-8-13-33(25)51-27-18-20-45(21-19-27)24-36(47)48)29-15-16-35(43-37(29)39(50)52-41(2,3)4)46-22-17-26-9-7-11-30(31(26)23-46)38(49)44-40-42-32-12-5-6-14-34(32)53-40/h5-16,27H,17-24H2,1-4H3,(H,47,48)(H,42,44,49). The number of pyridine rings is 1. The summed E-state index contributed by atoms with van der Waals surface area (Å²) < 4.78 is 13.4. The number of piperidine rings is 1. The van der Waals surface area contributed by atoms with Gasteiger partial charge in [-0.05, 0) is 106 Å². The molecular formula is C41H43N5O6S. The topological polar surface area (TPSA) is 134 Å². The number of fused-ring (bicyclic) bond motifs is 2. The predicted octanol–water partition coefficient (Wildman–Crippen LogP) is 7.36. The van der Waals surface area contributed by atoms with E-state index in [1.807, 2.05) is 99.3 Å². The molecular weight excluding hydrogens is 691 g/mol. The van der Waals surface area contributed by atoms with Gasteiger partial charge in [-0.2, -0.15) is 0 Å². The summed E-state index contributed by atoms with van der Waals surface area (Å²) in [7, 11) is 0. The second kappa shape index (κ2) is 15.0. The molecule has 0 unspecified atom stereocenters. The van der Waals surface area contributed by atoms with Crippen molar-refractivity contribution in [1.29, 1.82) is 0 Å². The van der Waals surface area contributed by atoms with Gasteiger partial charge >= 0.3 is 11.9 Å². The van der Waals surface area contributed by atoms with E-state index < -0.39 is 17.5 Å². The van der Waals surface area contributed by atoms with E-state index in [2.05, 4.69) is 21.3 Å². The first kappa shape index (κ1) is 36.0. The third-order valence-electron chi connectivity index (χ3n) is 9.59. The molecule has 7 rings (SSSR count). The molecule has 1 amide bonds. The second-order valence-electron chi connectivity index (χ2n) is 14.5. The van der Waals surface area contributed by atoms with Crippen molar-refractivity contribution in [2.45, 2.75) is 65.2 Å². The summed E-state index contributed by atoms with van der Waals surface area (Å²) in [4.78, 5) is 52.2. The van der Waals surface area contributed by atoms with Gasteiger partial charge in [-0.15, -0.1) is 0 Å². The van der Waals surface area contributed by atoms with E-state index in [0.29, 0.717) is 60.4 Å². The Hall–Kier alpha value is -5.33. The quantitative estimate of drug-likeness (QED) is 0.148. The highest BCUT2D eigenvalue weighted by molar-refractivity contribution is 7.22. The van der Waals surface area contributed by atoms with Crippen LogP contribution in [-0.4, -0.2) is 75.7 Å². The predicted molar refractivity (Wildman–Crippen MR) is 206 cm³/mol. The average Bonchev–Trinajstić information content (AvgIpc) is 3.54. The maximum Gasteiger partial charge on any atom is 0.358 e. The summed E-state index contributed by atoms with van der Waals surface area (Å²) in [5, 5.41) is 12.7. The number of likely N-dealkylation sites (tertiary alicyclic amines) is 1. The first-order valence-corrected chi connectivity index (χ1v) is 18.7. The molecule has 0 spiro atoms. The van der Waals surface area contributed by atoms with Gasteiger partial charge in [0.25, 0.3) is 5.91 Å². The maximum absolute atomic E-state index is 13.9. The molecule has 3 aromatic carbocycles. The lowest BCUT2D eigenvalue weighted by Crippen LogP contribution is -2.40. The van der Waals surface area contributed by atoms with Crippen molar-refractivity contribution in [3.8, 4) is 16.9 Å². The number of esters is 1. The molecule has 274 valence electrons. The minimum Gasteiger partial charge on any atom is -0.490 e. The van der Waals surface area contributed by atoms with Gasteiger partial charge < -0.3 is 19.5 Å². The van der Waals surface area contributed by atoms with Crippen molar-refractivity contribution >= 4 is 50.3 Å². The van der Waals surface area contributed by atoms with Crippen LogP contribution in [0.1, 0.15) is 71.1 Å². The lowest BCUT2D eigenvalue weighted by molar-refractivity contribution is -0.138. The van der Waals surface area contributed by atoms with Gasteiger partial charge in [0.15, 0.2) is 10.8 Å². The van der Waals surface area contributed by atoms with E-state index in [-0.39, 0.29) is 24.2 Å². The Balaban J connectivity index is 1.15. The van der Waals surface area contributed by atoms with E-state index in [1.165, 1.54) is 11.3 Å². The van der Waals surface area contributed by atoms with Gasteiger partial charge in [-0.3, -0.25) is 19.8 Å². The Kier molecular flexibility index (Phi) is 10.2. The molecule has 2 aromatic heterocycles. The molecule has 1 fully saturated rings. The van der Waals surface area contributed by atoms with Gasteiger partial charge in [0.2, 0.25) is 0 Å². The average molecular weight is 734 g/mol. The number of carbonyl (C=O) groups excluding carboxylic acids is 2. The van der Waals surface area contributed by atoms with Gasteiger partial charge in [0.05, 0.1) is 16.8 Å². The highest BCUT2D eigenvalue weighted by Crippen LogP contribution is 2.36. The van der Waals surface area contributed by atoms with Crippen LogP contribution in [-0.2, 0) is 22.5 Å². The number of aliphatic carboxylic acids is 1. The Morgan fingerprint density at radius 1 is 0.925 bits per heavy atom. The van der Waals surface area contributed by atoms with Gasteiger partial charge in [-0.1, -0.05) is 47.7 Å². The normalized spacial score (nSPS) is 15.2. The van der Waals surface area contributed by atoms with E-state index in [4.69, 9.17) is 19.6 Å². The number of aromatic nitrogens is 2. The van der Waals surface area contributed by atoms with Crippen molar-refractivity contribution in [3.05, 3.63) is 101 Å². The van der Waals surface area contributed by atoms with Crippen molar-refractivity contribution < 1.29 is 29.0 Å². The van der Waals surface area contributed by atoms with Gasteiger partial charge in [0, 0.05) is 37.3 Å². The number of carbonyl (C=O) groups is 3. The fourth-order valence-electron chi connectivity index (χ4n) is 6.99. The van der Waals surface area contributed by atoms with E-state index in [9.17, 15) is 14.4 Å². The number of thiazole rings is 1. The molecule has 0 saturated carbocycles. The molecule has 4 heterocycles. The molecule has 0 aliphatic carbocycles. The highest BCUT2D eigenvalue weighted by atomic mass is 32.1. The van der Waals surface area contributed by atoms with Crippen LogP contribution in [0, 0.1) is 6.92 Å². The third kappa shape index (κ3) is 8.18. The van der Waals surface area contributed by atoms with Crippen molar-refractivity contribution in [2.24, 2.45) is 0 Å². The van der Waals surface area contributed by atoms with Crippen LogP contribution in [0.5, 0.6) is 5.75 Å². The zero-order chi connectivity index (χ0) is 37.3. The molecule has 0 bridgehead atoms. The number of nitrogens with zero attached hydrogens (tertiary/aromatic N) is 4. The Bertz CT molecular complexity index is 2150. The highest BCUT2D eigenvalue weighted by Gasteiger charge is 2.29. The summed E-state index contributed by atoms with van der Waals surface area (Å²) in [6.45, 7) is 9.90. The van der Waals surface area contributed by atoms with Crippen LogP contribution >= 0.6 is 11.3 Å². The second-order valence-corrected chi connectivity index (χ2v) is 15.6. The van der Waals surface area contributed by atoms with Crippen molar-refractivity contribution in [1.82, 2.24) is 14.9 Å². The fraction of sp³-hybridized carbons (Fsp3) is 0.341. The molecule has 2 aliphatic heterocycles. The molecule has 11 nitrogen and oxygen atoms in total. The number of hydrogen-bond acceptors (Lipinski definition) is 10. The molecule has 2 aliphatic rings. The molecule has 0 atom stereocenters. The minimum atomic E-state index is -0.827. The summed E-state index contributed by atoms with van der Waals surface area (Å²) in [5.74, 6) is -0.252. The number of benzene rings is 3. The third-order valence-corrected chi connectivity index (χ3v) is 10.5. The SMILES string of the molecule is Cc1c(OC2CCN(CC(=O)O)CC2)cccc1-c1ccc(N2CCc3cccc(C(=O)Nc4nc5ccccc5s4)c3C2)nc1C(=O)OC(C)(C)C. The smallest absolute Gasteiger partial charge is 0.358 e. The van der Waals surface area contributed by atoms with Crippen molar-refractivity contribution in [3.63, 3.8) is 0 Å². The van der Waals surface area contributed by atoms with Crippen LogP contribution in [0.4, 0.5) is 10.9 Å². The lowest BCUT2D eigenvalue weighted by Gasteiger charge is -2.32. The fourth-order valence-corrected chi connectivity index (χ4v) is 7.85. The summed E-state index contributed by atoms with van der Waals surface area (Å²) >= 11 is 1.44. The Morgan fingerprint density at radius 3 is 2.45 bits per heavy atom. The summed E-state index contributed by atoms with van der Waals surface area (Å²) in [6, 6.07) is 23.2. The Morgan fingerprint density at radius 2 is 1.70 bits per heavy atom. The number of amides is 1. The number of rotatable bonds is 9. The number of para-hydroxylation sites is 1. The van der Waals surface area contributed by atoms with Crippen LogP contribution in [0.2, 0.25) is 0 Å². The summed E-state index contributed by atoms with van der Waals surface area (Å²) in [5.41, 5.74) is 5.21. The first-order valence-electron chi connectivity index (χ1n) is 17.9. The number of anilines is 2. The zero-order valence-electron chi connectivity index (χ0n) is 30.3. The summed E-state index contributed by atoms with van der Waals surface area (Å²) in [6.07, 6.45) is 2.10. The molecule has 5 aromatic rings. The molecule has 0 radical (unpaired) electrons. The lowest BCUT2D eigenvalue weighted by atomic mass is 9.94. The van der Waals surface area contributed by atoms with E-state index in [0.717, 1.165) is 45.3 Å². The number of carboxylic acids is 1. The number of hydrogen-bond donors (Lipinski definition) is 2. The van der Waals surface area contributed by atoms with Crippen molar-refractivity contribution in [2.75, 3.05) is 36.4 Å². The monoisotopic (exact) mass is 733 g/mol. The number of ether oxygens (including phenoxy) is 2. The Labute approximate surface area is 312 Å². The first-order chi connectivity index (χ1) is 25.4. The van der Waals surface area contributed by atoms with Crippen LogP contribution in [0.15, 0.2) is 72.8 Å². The van der Waals surface area contributed by atoms with Crippen LogP contribution in [0.25, 0.3) is 21.3 Å². The van der Waals surface area contributed by atoms with Crippen LogP contribution < -0.4 is 15.0 Å². The number of nitrogens with one attached hydrogen (secondary N) is 1. The maximum atomic E-state index is 13.9. The largest absolute Gasteiger partial charge is 0.490 e. The number of carboxylic acid groups (broad SMARTS) is 1. The van der Waals surface area contributed by atoms with Crippen LogP contribution in [0.3, 0.4) is 0 Å². The molecule has 12 heteroatoms. The van der Waals surface area contributed by atoms with Gasteiger partial charge in [-0.25, -0.2) is 14.8 Å². The van der Waals surface area contributed by atoms with E-state index >= 15 is 0 Å².